The van der Waals surface area contributed by atoms with Crippen LogP contribution >= 0.6 is 11.6 Å². The molecule has 1 atom stereocenters. The Bertz CT molecular complexity index is 785. The molecule has 1 aromatic carbocycles. The molecule has 1 aliphatic rings. The number of benzene rings is 1. The van der Waals surface area contributed by atoms with Gasteiger partial charge in [0.15, 0.2) is 0 Å². The Kier molecular flexibility index (Phi) is 5.61. The van der Waals surface area contributed by atoms with Crippen molar-refractivity contribution in [3.63, 3.8) is 0 Å². The SMILES string of the molecule is CCC(NC(=O)Cn1nc(C(F)F)c(Cl)c1C1CC1)c1ccc(C)cc1. The number of nitrogens with one attached hydrogen (secondary N) is 1. The zero-order valence-electron chi connectivity index (χ0n) is 14.8. The van der Waals surface area contributed by atoms with E-state index in [0.29, 0.717) is 5.69 Å². The number of hydrogen-bond acceptors (Lipinski definition) is 2. The Morgan fingerprint density at radius 3 is 2.54 bits per heavy atom. The van der Waals surface area contributed by atoms with Gasteiger partial charge < -0.3 is 5.32 Å². The molecule has 0 spiro atoms. The lowest BCUT2D eigenvalue weighted by atomic mass is 10.0. The predicted molar refractivity (Wildman–Crippen MR) is 96.5 cm³/mol. The minimum Gasteiger partial charge on any atom is -0.348 e. The zero-order chi connectivity index (χ0) is 18.8. The Hall–Kier alpha value is -1.95. The Labute approximate surface area is 156 Å². The van der Waals surface area contributed by atoms with Crippen molar-refractivity contribution in [3.8, 4) is 0 Å². The van der Waals surface area contributed by atoms with E-state index < -0.39 is 12.1 Å². The van der Waals surface area contributed by atoms with Gasteiger partial charge in [0, 0.05) is 5.92 Å². The maximum absolute atomic E-state index is 13.1. The fourth-order valence-electron chi connectivity index (χ4n) is 3.07. The predicted octanol–water partition coefficient (Wildman–Crippen LogP) is 4.93. The van der Waals surface area contributed by atoms with Crippen LogP contribution in [-0.2, 0) is 11.3 Å². The molecular weight excluding hydrogens is 360 g/mol. The van der Waals surface area contributed by atoms with Gasteiger partial charge in [0.25, 0.3) is 6.43 Å². The van der Waals surface area contributed by atoms with Gasteiger partial charge in [0.2, 0.25) is 5.91 Å². The van der Waals surface area contributed by atoms with E-state index in [2.05, 4.69) is 10.4 Å². The van der Waals surface area contributed by atoms with Crippen LogP contribution in [0.25, 0.3) is 0 Å². The first-order valence-corrected chi connectivity index (χ1v) is 9.18. The van der Waals surface area contributed by atoms with Crippen molar-refractivity contribution in [2.75, 3.05) is 0 Å². The lowest BCUT2D eigenvalue weighted by Crippen LogP contribution is -2.32. The van der Waals surface area contributed by atoms with E-state index in [4.69, 9.17) is 11.6 Å². The summed E-state index contributed by atoms with van der Waals surface area (Å²) in [5.74, 6) is -0.145. The normalized spacial score (nSPS) is 15.3. The lowest BCUT2D eigenvalue weighted by molar-refractivity contribution is -0.122. The smallest absolute Gasteiger partial charge is 0.283 e. The molecule has 0 aliphatic heterocycles. The second-order valence-electron chi connectivity index (χ2n) is 6.76. The van der Waals surface area contributed by atoms with Crippen LogP contribution in [0.15, 0.2) is 24.3 Å². The molecule has 1 heterocycles. The molecule has 0 saturated heterocycles. The number of halogens is 3. The first-order chi connectivity index (χ1) is 12.4. The highest BCUT2D eigenvalue weighted by Gasteiger charge is 2.34. The number of aryl methyl sites for hydroxylation is 1. The summed E-state index contributed by atoms with van der Waals surface area (Å²) in [7, 11) is 0. The average Bonchev–Trinajstić information content (AvgIpc) is 3.37. The second kappa shape index (κ2) is 7.74. The molecule has 140 valence electrons. The van der Waals surface area contributed by atoms with Crippen molar-refractivity contribution in [2.45, 2.75) is 58.0 Å². The third kappa shape index (κ3) is 4.06. The zero-order valence-corrected chi connectivity index (χ0v) is 15.6. The van der Waals surface area contributed by atoms with Gasteiger partial charge in [0.05, 0.1) is 16.8 Å². The maximum Gasteiger partial charge on any atom is 0.283 e. The van der Waals surface area contributed by atoms with Gasteiger partial charge in [-0.2, -0.15) is 5.10 Å². The Morgan fingerprint density at radius 2 is 2.00 bits per heavy atom. The summed E-state index contributed by atoms with van der Waals surface area (Å²) in [6.07, 6.45) is -0.250. The van der Waals surface area contributed by atoms with E-state index in [0.717, 1.165) is 30.4 Å². The number of carbonyl (C=O) groups is 1. The molecule has 1 N–H and O–H groups in total. The van der Waals surface area contributed by atoms with Crippen molar-refractivity contribution >= 4 is 17.5 Å². The van der Waals surface area contributed by atoms with Crippen LogP contribution < -0.4 is 5.32 Å². The molecule has 2 aromatic rings. The largest absolute Gasteiger partial charge is 0.348 e. The Morgan fingerprint density at radius 1 is 1.35 bits per heavy atom. The van der Waals surface area contributed by atoms with E-state index in [9.17, 15) is 13.6 Å². The molecular formula is C19H22ClF2N3O. The van der Waals surface area contributed by atoms with E-state index in [-0.39, 0.29) is 29.4 Å². The van der Waals surface area contributed by atoms with Gasteiger partial charge in [0.1, 0.15) is 12.2 Å². The molecule has 3 rings (SSSR count). The van der Waals surface area contributed by atoms with Crippen LogP contribution in [0.2, 0.25) is 5.02 Å². The minimum atomic E-state index is -2.75. The minimum absolute atomic E-state index is 0.000811. The van der Waals surface area contributed by atoms with Crippen LogP contribution in [0.4, 0.5) is 8.78 Å². The highest BCUT2D eigenvalue weighted by atomic mass is 35.5. The summed E-state index contributed by atoms with van der Waals surface area (Å²) in [6, 6.07) is 7.83. The maximum atomic E-state index is 13.1. The van der Waals surface area contributed by atoms with E-state index in [1.807, 2.05) is 38.1 Å². The van der Waals surface area contributed by atoms with Gasteiger partial charge in [-0.1, -0.05) is 48.4 Å². The number of amides is 1. The van der Waals surface area contributed by atoms with Gasteiger partial charge in [-0.25, -0.2) is 8.78 Å². The highest BCUT2D eigenvalue weighted by molar-refractivity contribution is 6.32. The quantitative estimate of drug-likeness (QED) is 0.739. The number of aromatic nitrogens is 2. The summed E-state index contributed by atoms with van der Waals surface area (Å²) in [4.78, 5) is 12.5. The van der Waals surface area contributed by atoms with Gasteiger partial charge >= 0.3 is 0 Å². The second-order valence-corrected chi connectivity index (χ2v) is 7.13. The number of alkyl halides is 2. The van der Waals surface area contributed by atoms with Gasteiger partial charge in [-0.15, -0.1) is 0 Å². The van der Waals surface area contributed by atoms with Crippen molar-refractivity contribution < 1.29 is 13.6 Å². The molecule has 7 heteroatoms. The van der Waals surface area contributed by atoms with Crippen molar-refractivity contribution in [3.05, 3.63) is 51.8 Å². The monoisotopic (exact) mass is 381 g/mol. The topological polar surface area (TPSA) is 46.9 Å². The highest BCUT2D eigenvalue weighted by Crippen LogP contribution is 2.45. The van der Waals surface area contributed by atoms with Crippen LogP contribution in [-0.4, -0.2) is 15.7 Å². The standard InChI is InChI=1S/C19H22ClF2N3O/c1-3-14(12-6-4-11(2)5-7-12)23-15(26)10-25-18(13-8-9-13)16(20)17(24-25)19(21)22/h4-7,13-14,19H,3,8-10H2,1-2H3,(H,23,26). The molecule has 1 amide bonds. The third-order valence-electron chi connectivity index (χ3n) is 4.64. The van der Waals surface area contributed by atoms with Crippen molar-refractivity contribution in [1.29, 1.82) is 0 Å². The van der Waals surface area contributed by atoms with Crippen LogP contribution in [0.3, 0.4) is 0 Å². The van der Waals surface area contributed by atoms with Gasteiger partial charge in [-0.05, 0) is 31.7 Å². The molecule has 1 unspecified atom stereocenters. The summed E-state index contributed by atoms with van der Waals surface area (Å²) < 4.78 is 27.5. The molecule has 1 aliphatic carbocycles. The van der Waals surface area contributed by atoms with Crippen LogP contribution in [0.5, 0.6) is 0 Å². The molecule has 1 fully saturated rings. The fourth-order valence-corrected chi connectivity index (χ4v) is 3.45. The van der Waals surface area contributed by atoms with Crippen LogP contribution in [0.1, 0.15) is 67.1 Å². The van der Waals surface area contributed by atoms with E-state index in [1.54, 1.807) is 0 Å². The fraction of sp³-hybridized carbons (Fsp3) is 0.474. The number of nitrogens with zero attached hydrogens (tertiary/aromatic N) is 2. The molecule has 0 bridgehead atoms. The number of rotatable bonds is 7. The summed E-state index contributed by atoms with van der Waals surface area (Å²) >= 11 is 6.09. The Balaban J connectivity index is 1.75. The summed E-state index contributed by atoms with van der Waals surface area (Å²) in [5, 5.41) is 6.87. The average molecular weight is 382 g/mol. The molecule has 26 heavy (non-hydrogen) atoms. The number of hydrogen-bond donors (Lipinski definition) is 1. The van der Waals surface area contributed by atoms with E-state index >= 15 is 0 Å². The van der Waals surface area contributed by atoms with Gasteiger partial charge in [-0.3, -0.25) is 9.48 Å². The summed E-state index contributed by atoms with van der Waals surface area (Å²) in [5.41, 5.74) is 2.28. The van der Waals surface area contributed by atoms with Crippen molar-refractivity contribution in [2.24, 2.45) is 0 Å². The first-order valence-electron chi connectivity index (χ1n) is 8.80. The lowest BCUT2D eigenvalue weighted by Gasteiger charge is -2.18. The molecule has 4 nitrogen and oxygen atoms in total. The summed E-state index contributed by atoms with van der Waals surface area (Å²) in [6.45, 7) is 3.88. The first kappa shape index (κ1) is 18.8. The third-order valence-corrected chi connectivity index (χ3v) is 5.03. The molecule has 1 saturated carbocycles. The van der Waals surface area contributed by atoms with E-state index in [1.165, 1.54) is 4.68 Å². The molecule has 1 aromatic heterocycles. The number of carbonyl (C=O) groups excluding carboxylic acids is 1. The van der Waals surface area contributed by atoms with Crippen LogP contribution in [0, 0.1) is 6.92 Å². The van der Waals surface area contributed by atoms with Crippen molar-refractivity contribution in [1.82, 2.24) is 15.1 Å². The molecule has 0 radical (unpaired) electrons.